The Balaban J connectivity index is 1.69. The highest BCUT2D eigenvalue weighted by atomic mass is 32.2. The van der Waals surface area contributed by atoms with Crippen LogP contribution in [0.25, 0.3) is 0 Å². The monoisotopic (exact) mass is 398 g/mol. The summed E-state index contributed by atoms with van der Waals surface area (Å²) in [6.07, 6.45) is 0. The maximum atomic E-state index is 12.4. The first kappa shape index (κ1) is 19.4. The topological polar surface area (TPSA) is 98.5 Å². The average molecular weight is 398 g/mol. The SMILES string of the molecule is Cc1ccc(Oc2ccc(NS(=O)(=O)Cc3ccccc3[N+](=O)[O-])cc2)cc1. The third kappa shape index (κ3) is 5.08. The lowest BCUT2D eigenvalue weighted by molar-refractivity contribution is -0.385. The van der Waals surface area contributed by atoms with Crippen LogP contribution in [0, 0.1) is 17.0 Å². The molecule has 3 aromatic carbocycles. The number of nitro benzene ring substituents is 1. The number of rotatable bonds is 7. The third-order valence-corrected chi connectivity index (χ3v) is 5.16. The Morgan fingerprint density at radius 1 is 0.929 bits per heavy atom. The van der Waals surface area contributed by atoms with E-state index in [-0.39, 0.29) is 11.3 Å². The number of anilines is 1. The van der Waals surface area contributed by atoms with E-state index >= 15 is 0 Å². The van der Waals surface area contributed by atoms with Crippen molar-refractivity contribution < 1.29 is 18.1 Å². The minimum absolute atomic E-state index is 0.124. The minimum Gasteiger partial charge on any atom is -0.457 e. The normalized spacial score (nSPS) is 11.0. The summed E-state index contributed by atoms with van der Waals surface area (Å²) >= 11 is 0. The minimum atomic E-state index is -3.82. The van der Waals surface area contributed by atoms with Gasteiger partial charge in [0.15, 0.2) is 0 Å². The van der Waals surface area contributed by atoms with Crippen LogP contribution in [-0.4, -0.2) is 13.3 Å². The Morgan fingerprint density at radius 3 is 2.11 bits per heavy atom. The van der Waals surface area contributed by atoms with Gasteiger partial charge in [0.2, 0.25) is 10.0 Å². The van der Waals surface area contributed by atoms with Gasteiger partial charge in [-0.2, -0.15) is 0 Å². The van der Waals surface area contributed by atoms with Crippen molar-refractivity contribution >= 4 is 21.4 Å². The fraction of sp³-hybridized carbons (Fsp3) is 0.100. The molecule has 28 heavy (non-hydrogen) atoms. The van der Waals surface area contributed by atoms with Gasteiger partial charge < -0.3 is 4.74 Å². The molecule has 0 aromatic heterocycles. The predicted molar refractivity (Wildman–Crippen MR) is 107 cm³/mol. The molecule has 0 atom stereocenters. The van der Waals surface area contributed by atoms with E-state index in [1.54, 1.807) is 30.3 Å². The summed E-state index contributed by atoms with van der Waals surface area (Å²) in [5.41, 5.74) is 1.36. The van der Waals surface area contributed by atoms with Gasteiger partial charge >= 0.3 is 0 Å². The second-order valence-corrected chi connectivity index (χ2v) is 7.91. The molecule has 0 fully saturated rings. The Hall–Kier alpha value is -3.39. The molecule has 8 heteroatoms. The van der Waals surface area contributed by atoms with Gasteiger partial charge in [-0.05, 0) is 43.3 Å². The van der Waals surface area contributed by atoms with Crippen molar-refractivity contribution in [2.24, 2.45) is 0 Å². The highest BCUT2D eigenvalue weighted by Crippen LogP contribution is 2.25. The van der Waals surface area contributed by atoms with Crippen molar-refractivity contribution in [3.63, 3.8) is 0 Å². The van der Waals surface area contributed by atoms with E-state index in [0.29, 0.717) is 17.2 Å². The summed E-state index contributed by atoms with van der Waals surface area (Å²) < 4.78 is 32.9. The highest BCUT2D eigenvalue weighted by Gasteiger charge is 2.19. The lowest BCUT2D eigenvalue weighted by Gasteiger charge is -2.10. The van der Waals surface area contributed by atoms with Crippen molar-refractivity contribution in [3.8, 4) is 11.5 Å². The Kier molecular flexibility index (Phi) is 5.60. The molecule has 1 N–H and O–H groups in total. The van der Waals surface area contributed by atoms with Crippen LogP contribution in [0.5, 0.6) is 11.5 Å². The van der Waals surface area contributed by atoms with Crippen LogP contribution in [0.15, 0.2) is 72.8 Å². The largest absolute Gasteiger partial charge is 0.457 e. The van der Waals surface area contributed by atoms with E-state index in [4.69, 9.17) is 4.74 Å². The third-order valence-electron chi connectivity index (χ3n) is 3.92. The van der Waals surface area contributed by atoms with Gasteiger partial charge in [0.25, 0.3) is 5.69 Å². The predicted octanol–water partition coefficient (Wildman–Crippen LogP) is 4.64. The van der Waals surface area contributed by atoms with Crippen molar-refractivity contribution in [2.75, 3.05) is 4.72 Å². The summed E-state index contributed by atoms with van der Waals surface area (Å²) in [6.45, 7) is 1.98. The van der Waals surface area contributed by atoms with Crippen LogP contribution in [0.4, 0.5) is 11.4 Å². The van der Waals surface area contributed by atoms with Gasteiger partial charge in [-0.3, -0.25) is 14.8 Å². The zero-order valence-corrected chi connectivity index (χ0v) is 15.8. The molecule has 0 aliphatic rings. The van der Waals surface area contributed by atoms with Crippen molar-refractivity contribution in [3.05, 3.63) is 94.0 Å². The Labute approximate surface area is 162 Å². The lowest BCUT2D eigenvalue weighted by atomic mass is 10.2. The van der Waals surface area contributed by atoms with Gasteiger partial charge in [0, 0.05) is 17.3 Å². The fourth-order valence-electron chi connectivity index (χ4n) is 2.56. The number of nitrogens with zero attached hydrogens (tertiary/aromatic N) is 1. The second kappa shape index (κ2) is 8.10. The van der Waals surface area contributed by atoms with Gasteiger partial charge in [0.05, 0.1) is 4.92 Å². The molecule has 0 aliphatic carbocycles. The number of para-hydroxylation sites is 1. The van der Waals surface area contributed by atoms with E-state index in [9.17, 15) is 18.5 Å². The molecule has 0 radical (unpaired) electrons. The maximum Gasteiger partial charge on any atom is 0.273 e. The zero-order valence-electron chi connectivity index (χ0n) is 15.0. The van der Waals surface area contributed by atoms with Gasteiger partial charge in [-0.1, -0.05) is 35.9 Å². The van der Waals surface area contributed by atoms with E-state index < -0.39 is 20.7 Å². The van der Waals surface area contributed by atoms with Crippen LogP contribution >= 0.6 is 0 Å². The summed E-state index contributed by atoms with van der Waals surface area (Å²) in [5, 5.41) is 11.0. The maximum absolute atomic E-state index is 12.4. The molecular formula is C20H18N2O5S. The molecule has 3 aromatic rings. The Bertz CT molecular complexity index is 1080. The van der Waals surface area contributed by atoms with Crippen LogP contribution in [0.2, 0.25) is 0 Å². The van der Waals surface area contributed by atoms with Crippen LogP contribution in [0.1, 0.15) is 11.1 Å². The van der Waals surface area contributed by atoms with E-state index in [0.717, 1.165) is 5.56 Å². The molecule has 7 nitrogen and oxygen atoms in total. The van der Waals surface area contributed by atoms with Crippen LogP contribution < -0.4 is 9.46 Å². The second-order valence-electron chi connectivity index (χ2n) is 6.19. The summed E-state index contributed by atoms with van der Waals surface area (Å²) in [6, 6.07) is 19.7. The molecule has 0 saturated carbocycles. The first-order valence-corrected chi connectivity index (χ1v) is 10.0. The van der Waals surface area contributed by atoms with E-state index in [1.165, 1.54) is 18.2 Å². The number of nitrogens with one attached hydrogen (secondary N) is 1. The number of nitro groups is 1. The van der Waals surface area contributed by atoms with Gasteiger partial charge in [0.1, 0.15) is 17.3 Å². The van der Waals surface area contributed by atoms with Gasteiger partial charge in [-0.25, -0.2) is 8.42 Å². The number of ether oxygens (including phenoxy) is 1. The van der Waals surface area contributed by atoms with Gasteiger partial charge in [-0.15, -0.1) is 0 Å². The first-order chi connectivity index (χ1) is 13.3. The number of aryl methyl sites for hydroxylation is 1. The smallest absolute Gasteiger partial charge is 0.273 e. The number of sulfonamides is 1. The molecule has 0 amide bonds. The zero-order chi connectivity index (χ0) is 20.1. The molecule has 0 saturated heterocycles. The molecule has 0 aliphatic heterocycles. The van der Waals surface area contributed by atoms with Crippen LogP contribution in [-0.2, 0) is 15.8 Å². The lowest BCUT2D eigenvalue weighted by Crippen LogP contribution is -2.15. The van der Waals surface area contributed by atoms with Crippen LogP contribution in [0.3, 0.4) is 0 Å². The Morgan fingerprint density at radius 2 is 1.50 bits per heavy atom. The van der Waals surface area contributed by atoms with E-state index in [1.807, 2.05) is 31.2 Å². The fourth-order valence-corrected chi connectivity index (χ4v) is 3.79. The number of benzene rings is 3. The molecule has 144 valence electrons. The molecule has 3 rings (SSSR count). The number of hydrogen-bond acceptors (Lipinski definition) is 5. The summed E-state index contributed by atoms with van der Waals surface area (Å²) in [5.74, 6) is 0.743. The van der Waals surface area contributed by atoms with Crippen molar-refractivity contribution in [1.29, 1.82) is 0 Å². The quantitative estimate of drug-likeness (QED) is 0.462. The molecular weight excluding hydrogens is 380 g/mol. The molecule has 0 bridgehead atoms. The molecule has 0 spiro atoms. The van der Waals surface area contributed by atoms with Crippen molar-refractivity contribution in [2.45, 2.75) is 12.7 Å². The molecule has 0 unspecified atom stereocenters. The number of hydrogen-bond donors (Lipinski definition) is 1. The van der Waals surface area contributed by atoms with E-state index in [2.05, 4.69) is 4.72 Å². The highest BCUT2D eigenvalue weighted by molar-refractivity contribution is 7.91. The summed E-state index contributed by atoms with van der Waals surface area (Å²) in [7, 11) is -3.82. The molecule has 0 heterocycles. The first-order valence-electron chi connectivity index (χ1n) is 8.40. The summed E-state index contributed by atoms with van der Waals surface area (Å²) in [4.78, 5) is 10.5. The average Bonchev–Trinajstić information content (AvgIpc) is 2.65. The van der Waals surface area contributed by atoms with Crippen molar-refractivity contribution in [1.82, 2.24) is 0 Å². The standard InChI is InChI=1S/C20H18N2O5S/c1-15-6-10-18(11-7-15)27-19-12-8-17(9-13-19)21-28(25,26)14-16-4-2-3-5-20(16)22(23)24/h2-13,21H,14H2,1H3.